The summed E-state index contributed by atoms with van der Waals surface area (Å²) in [7, 11) is 1.45. The molecule has 1 N–H and O–H groups in total. The largest absolute Gasteiger partial charge is 0.472 e. The van der Waals surface area contributed by atoms with Crippen molar-refractivity contribution in [3.63, 3.8) is 0 Å². The molecule has 0 aliphatic carbocycles. The first kappa shape index (κ1) is 65.2. The Bertz CT molecular complexity index is 1420. The summed E-state index contributed by atoms with van der Waals surface area (Å²) < 4.78 is 34.5. The van der Waals surface area contributed by atoms with Crippen LogP contribution in [0.3, 0.4) is 0 Å². The molecule has 0 aromatic heterocycles. The van der Waals surface area contributed by atoms with E-state index in [-0.39, 0.29) is 32.0 Å². The van der Waals surface area contributed by atoms with Gasteiger partial charge in [0, 0.05) is 12.8 Å². The van der Waals surface area contributed by atoms with Crippen LogP contribution in [0.4, 0.5) is 0 Å². The Labute approximate surface area is 418 Å². The predicted molar refractivity (Wildman–Crippen MR) is 289 cm³/mol. The fourth-order valence-corrected chi connectivity index (χ4v) is 7.93. The van der Waals surface area contributed by atoms with E-state index in [0.29, 0.717) is 17.4 Å². The fourth-order valence-electron chi connectivity index (χ4n) is 7.19. The number of allylic oxidation sites excluding steroid dienone is 14. The molecule has 2 atom stereocenters. The van der Waals surface area contributed by atoms with Crippen LogP contribution in [0.5, 0.6) is 0 Å². The molecular weight excluding hydrogens is 870 g/mol. The highest BCUT2D eigenvalue weighted by atomic mass is 31.2. The second-order valence-electron chi connectivity index (χ2n) is 19.2. The molecule has 0 amide bonds. The first-order chi connectivity index (χ1) is 33.0. The van der Waals surface area contributed by atoms with Crippen molar-refractivity contribution >= 4 is 19.8 Å². The van der Waals surface area contributed by atoms with E-state index in [9.17, 15) is 19.0 Å². The highest BCUT2D eigenvalue weighted by Crippen LogP contribution is 2.43. The fraction of sp³-hybridized carbons (Fsp3) is 0.724. The summed E-state index contributed by atoms with van der Waals surface area (Å²) in [6.07, 6.45) is 65.0. The zero-order chi connectivity index (χ0) is 49.9. The maximum Gasteiger partial charge on any atom is 0.472 e. The third kappa shape index (κ3) is 52.6. The Hall–Kier alpha value is -2.81. The number of phosphoric ester groups is 1. The van der Waals surface area contributed by atoms with Crippen molar-refractivity contribution in [1.29, 1.82) is 0 Å². The van der Waals surface area contributed by atoms with Gasteiger partial charge in [-0.1, -0.05) is 202 Å². The summed E-state index contributed by atoms with van der Waals surface area (Å²) in [4.78, 5) is 35.6. The average molecular weight is 973 g/mol. The molecule has 10 heteroatoms. The number of hydrogen-bond acceptors (Lipinski definition) is 7. The van der Waals surface area contributed by atoms with Crippen LogP contribution in [-0.2, 0) is 32.7 Å². The number of rotatable bonds is 49. The summed E-state index contributed by atoms with van der Waals surface area (Å²) >= 11 is 0. The van der Waals surface area contributed by atoms with Crippen LogP contribution in [0.25, 0.3) is 0 Å². The van der Waals surface area contributed by atoms with Crippen molar-refractivity contribution in [2.45, 2.75) is 225 Å². The summed E-state index contributed by atoms with van der Waals surface area (Å²) in [5, 5.41) is 0. The number of hydrogen-bond donors (Lipinski definition) is 1. The Morgan fingerprint density at radius 3 is 1.25 bits per heavy atom. The molecule has 0 aliphatic rings. The number of phosphoric acid groups is 1. The van der Waals surface area contributed by atoms with Crippen molar-refractivity contribution in [3.8, 4) is 0 Å². The molecule has 0 heterocycles. The van der Waals surface area contributed by atoms with Gasteiger partial charge in [0.15, 0.2) is 6.10 Å². The van der Waals surface area contributed by atoms with Gasteiger partial charge < -0.3 is 18.9 Å². The molecule has 2 unspecified atom stereocenters. The van der Waals surface area contributed by atoms with Gasteiger partial charge in [-0.3, -0.25) is 18.6 Å². The Kier molecular flexibility index (Phi) is 47.2. The first-order valence-corrected chi connectivity index (χ1v) is 28.8. The minimum absolute atomic E-state index is 0.0224. The third-order valence-electron chi connectivity index (χ3n) is 11.4. The van der Waals surface area contributed by atoms with Crippen LogP contribution < -0.4 is 0 Å². The van der Waals surface area contributed by atoms with Crippen molar-refractivity contribution < 1.29 is 42.1 Å². The van der Waals surface area contributed by atoms with Crippen molar-refractivity contribution in [1.82, 2.24) is 0 Å². The monoisotopic (exact) mass is 973 g/mol. The molecule has 0 saturated carbocycles. The second-order valence-corrected chi connectivity index (χ2v) is 20.7. The molecule has 0 spiro atoms. The van der Waals surface area contributed by atoms with Gasteiger partial charge in [-0.25, -0.2) is 4.57 Å². The van der Waals surface area contributed by atoms with E-state index in [4.69, 9.17) is 18.5 Å². The summed E-state index contributed by atoms with van der Waals surface area (Å²) in [6.45, 7) is 4.27. The number of esters is 2. The van der Waals surface area contributed by atoms with E-state index >= 15 is 0 Å². The highest BCUT2D eigenvalue weighted by Gasteiger charge is 2.27. The van der Waals surface area contributed by atoms with Crippen LogP contribution in [0.1, 0.15) is 219 Å². The van der Waals surface area contributed by atoms with Gasteiger partial charge in [-0.05, 0) is 89.9 Å². The number of unbranched alkanes of at least 4 members (excludes halogenated alkanes) is 21. The SMILES string of the molecule is CC/C=C\C/C=C\C/C=C\C/C=C\CCCCCCC(=O)OC(COC(=O)CCCCCCCCCCCCCC/C=C\C/C=C\C/C=C\CCCCCCC)COP(=O)(O)OCC[N+](C)(C)C. The number of likely N-dealkylation sites (N-methyl/N-ethyl adjacent to an activating group) is 1. The van der Waals surface area contributed by atoms with Crippen LogP contribution in [0.15, 0.2) is 85.1 Å². The van der Waals surface area contributed by atoms with Gasteiger partial charge in [0.05, 0.1) is 27.7 Å². The molecule has 0 aromatic carbocycles. The lowest BCUT2D eigenvalue weighted by molar-refractivity contribution is -0.870. The van der Waals surface area contributed by atoms with E-state index < -0.39 is 26.5 Å². The Morgan fingerprint density at radius 1 is 0.471 bits per heavy atom. The van der Waals surface area contributed by atoms with E-state index in [1.165, 1.54) is 103 Å². The number of nitrogens with zero attached hydrogens (tertiary/aromatic N) is 1. The Morgan fingerprint density at radius 2 is 0.838 bits per heavy atom. The summed E-state index contributed by atoms with van der Waals surface area (Å²) in [5.41, 5.74) is 0. The van der Waals surface area contributed by atoms with E-state index in [1.54, 1.807) is 0 Å². The molecule has 0 rings (SSSR count). The van der Waals surface area contributed by atoms with Crippen LogP contribution in [-0.4, -0.2) is 74.9 Å². The minimum Gasteiger partial charge on any atom is -0.462 e. The predicted octanol–water partition coefficient (Wildman–Crippen LogP) is 16.7. The van der Waals surface area contributed by atoms with E-state index in [1.807, 2.05) is 21.1 Å². The molecule has 0 aromatic rings. The molecule has 0 fully saturated rings. The van der Waals surface area contributed by atoms with Crippen LogP contribution in [0, 0.1) is 0 Å². The lowest BCUT2D eigenvalue weighted by Crippen LogP contribution is -2.37. The molecular formula is C58H103NO8P+. The number of carbonyl (C=O) groups is 2. The van der Waals surface area contributed by atoms with Gasteiger partial charge in [-0.15, -0.1) is 0 Å². The van der Waals surface area contributed by atoms with Crippen molar-refractivity contribution in [2.24, 2.45) is 0 Å². The lowest BCUT2D eigenvalue weighted by atomic mass is 10.0. The smallest absolute Gasteiger partial charge is 0.462 e. The molecule has 9 nitrogen and oxygen atoms in total. The molecule has 392 valence electrons. The molecule has 0 radical (unpaired) electrons. The quantitative estimate of drug-likeness (QED) is 0.0211. The maximum atomic E-state index is 12.8. The zero-order valence-corrected chi connectivity index (χ0v) is 45.2. The maximum absolute atomic E-state index is 12.8. The molecule has 0 aliphatic heterocycles. The highest BCUT2D eigenvalue weighted by molar-refractivity contribution is 7.47. The zero-order valence-electron chi connectivity index (χ0n) is 44.3. The topological polar surface area (TPSA) is 108 Å². The molecule has 0 saturated heterocycles. The normalized spacial score (nSPS) is 14.0. The van der Waals surface area contributed by atoms with Gasteiger partial charge in [0.1, 0.15) is 19.8 Å². The van der Waals surface area contributed by atoms with Crippen LogP contribution in [0.2, 0.25) is 0 Å². The second kappa shape index (κ2) is 49.2. The Balaban J connectivity index is 4.21. The summed E-state index contributed by atoms with van der Waals surface area (Å²) in [5.74, 6) is -0.830. The van der Waals surface area contributed by atoms with Gasteiger partial charge in [0.2, 0.25) is 0 Å². The minimum atomic E-state index is -4.39. The van der Waals surface area contributed by atoms with Crippen LogP contribution >= 0.6 is 7.82 Å². The first-order valence-electron chi connectivity index (χ1n) is 27.3. The van der Waals surface area contributed by atoms with E-state index in [2.05, 4.69) is 98.9 Å². The average Bonchev–Trinajstić information content (AvgIpc) is 3.30. The summed E-state index contributed by atoms with van der Waals surface area (Å²) in [6, 6.07) is 0. The van der Waals surface area contributed by atoms with Gasteiger partial charge in [0.25, 0.3) is 0 Å². The standard InChI is InChI=1S/C58H102NO8P/c1-6-8-10-12-14-16-18-20-22-24-25-26-27-28-29-30-31-32-33-35-36-38-40-42-44-46-48-50-57(60)64-54-56(55-66-68(62,63)65-53-52-59(3,4)5)67-58(61)51-49-47-45-43-41-39-37-34-23-21-19-17-15-13-11-9-7-2/h9,11,15,17-18,20-21,23-25,27-28,37,39,56H,6-8,10,12-14,16,19,22,26,29-36,38,40-55H2,1-5H3/p+1/b11-9-,17-15-,20-18-,23-21-,25-24-,28-27-,39-37-. The van der Waals surface area contributed by atoms with Gasteiger partial charge >= 0.3 is 19.8 Å². The molecule has 0 bridgehead atoms. The number of carbonyl (C=O) groups excluding carboxylic acids is 2. The van der Waals surface area contributed by atoms with Gasteiger partial charge in [-0.2, -0.15) is 0 Å². The molecule has 68 heavy (non-hydrogen) atoms. The van der Waals surface area contributed by atoms with Crippen molar-refractivity contribution in [2.75, 3.05) is 47.5 Å². The third-order valence-corrected chi connectivity index (χ3v) is 12.4. The van der Waals surface area contributed by atoms with Crippen molar-refractivity contribution in [3.05, 3.63) is 85.1 Å². The lowest BCUT2D eigenvalue weighted by Gasteiger charge is -2.24. The van der Waals surface area contributed by atoms with E-state index in [0.717, 1.165) is 83.5 Å². The number of ether oxygens (including phenoxy) is 2. The number of quaternary nitrogens is 1.